The van der Waals surface area contributed by atoms with E-state index in [0.717, 1.165) is 39.1 Å². The molecule has 1 N–H and O–H groups in total. The van der Waals surface area contributed by atoms with Gasteiger partial charge in [-0.3, -0.25) is 4.79 Å². The zero-order chi connectivity index (χ0) is 14.4. The van der Waals surface area contributed by atoms with Gasteiger partial charge in [-0.25, -0.2) is 4.98 Å². The molecular formula is C14H21ClN4O. The maximum Gasteiger partial charge on any atom is 0.254 e. The van der Waals surface area contributed by atoms with Crippen LogP contribution >= 0.6 is 11.6 Å². The van der Waals surface area contributed by atoms with Gasteiger partial charge in [0.25, 0.3) is 5.91 Å². The zero-order valence-electron chi connectivity index (χ0n) is 11.8. The SMILES string of the molecule is CN1CCN(CCCNC(=O)c2cccnc2Cl)CC1. The van der Waals surface area contributed by atoms with Gasteiger partial charge in [0.1, 0.15) is 5.15 Å². The second-order valence-electron chi connectivity index (χ2n) is 5.10. The second kappa shape index (κ2) is 7.57. The Balaban J connectivity index is 1.66. The highest BCUT2D eigenvalue weighted by atomic mass is 35.5. The van der Waals surface area contributed by atoms with Gasteiger partial charge in [-0.05, 0) is 32.1 Å². The van der Waals surface area contributed by atoms with Crippen LogP contribution in [-0.4, -0.2) is 67.0 Å². The number of hydrogen-bond donors (Lipinski definition) is 1. The summed E-state index contributed by atoms with van der Waals surface area (Å²) in [6.07, 6.45) is 2.53. The predicted molar refractivity (Wildman–Crippen MR) is 80.1 cm³/mol. The van der Waals surface area contributed by atoms with E-state index in [-0.39, 0.29) is 11.1 Å². The van der Waals surface area contributed by atoms with E-state index in [1.807, 2.05) is 0 Å². The normalized spacial score (nSPS) is 17.1. The second-order valence-corrected chi connectivity index (χ2v) is 5.45. The first kappa shape index (κ1) is 15.2. The third-order valence-corrected chi connectivity index (χ3v) is 3.84. The molecule has 2 rings (SSSR count). The number of nitrogens with one attached hydrogen (secondary N) is 1. The number of carbonyl (C=O) groups is 1. The standard InChI is InChI=1S/C14H21ClN4O/c1-18-8-10-19(11-9-18)7-3-6-17-14(20)12-4-2-5-16-13(12)15/h2,4-5H,3,6-11H2,1H3,(H,17,20). The van der Waals surface area contributed by atoms with Gasteiger partial charge in [-0.15, -0.1) is 0 Å². The Kier molecular flexibility index (Phi) is 5.76. The molecule has 2 heterocycles. The first-order valence-electron chi connectivity index (χ1n) is 6.96. The predicted octanol–water partition coefficient (Wildman–Crippen LogP) is 1.10. The zero-order valence-corrected chi connectivity index (χ0v) is 12.6. The Labute approximate surface area is 124 Å². The van der Waals surface area contributed by atoms with E-state index in [1.54, 1.807) is 18.3 Å². The van der Waals surface area contributed by atoms with Crippen LogP contribution in [0.3, 0.4) is 0 Å². The number of rotatable bonds is 5. The summed E-state index contributed by atoms with van der Waals surface area (Å²) in [4.78, 5) is 20.6. The summed E-state index contributed by atoms with van der Waals surface area (Å²) >= 11 is 5.88. The Morgan fingerprint density at radius 3 is 2.85 bits per heavy atom. The molecular weight excluding hydrogens is 276 g/mol. The maximum atomic E-state index is 11.9. The van der Waals surface area contributed by atoms with Crippen LogP contribution in [0.15, 0.2) is 18.3 Å². The lowest BCUT2D eigenvalue weighted by Crippen LogP contribution is -2.45. The molecule has 0 unspecified atom stereocenters. The average molecular weight is 297 g/mol. The molecule has 1 aromatic heterocycles. The fraction of sp³-hybridized carbons (Fsp3) is 0.571. The fourth-order valence-electron chi connectivity index (χ4n) is 2.23. The van der Waals surface area contributed by atoms with E-state index in [1.165, 1.54) is 0 Å². The van der Waals surface area contributed by atoms with Crippen LogP contribution in [0.5, 0.6) is 0 Å². The monoisotopic (exact) mass is 296 g/mol. The fourth-order valence-corrected chi connectivity index (χ4v) is 2.43. The number of halogens is 1. The molecule has 5 nitrogen and oxygen atoms in total. The van der Waals surface area contributed by atoms with Gasteiger partial charge in [0.05, 0.1) is 5.56 Å². The van der Waals surface area contributed by atoms with Crippen molar-refractivity contribution in [1.29, 1.82) is 0 Å². The van der Waals surface area contributed by atoms with Gasteiger partial charge in [-0.1, -0.05) is 11.6 Å². The minimum Gasteiger partial charge on any atom is -0.352 e. The number of piperazine rings is 1. The highest BCUT2D eigenvalue weighted by molar-refractivity contribution is 6.32. The van der Waals surface area contributed by atoms with Gasteiger partial charge in [0.15, 0.2) is 0 Å². The molecule has 1 aromatic rings. The Bertz CT molecular complexity index is 447. The lowest BCUT2D eigenvalue weighted by molar-refractivity contribution is 0.0949. The number of aromatic nitrogens is 1. The van der Waals surface area contributed by atoms with Crippen LogP contribution < -0.4 is 5.32 Å². The molecule has 1 saturated heterocycles. The van der Waals surface area contributed by atoms with E-state index >= 15 is 0 Å². The van der Waals surface area contributed by atoms with Gasteiger partial charge >= 0.3 is 0 Å². The summed E-state index contributed by atoms with van der Waals surface area (Å²) in [5.74, 6) is -0.151. The summed E-state index contributed by atoms with van der Waals surface area (Å²) in [5.41, 5.74) is 0.439. The van der Waals surface area contributed by atoms with Gasteiger partial charge < -0.3 is 15.1 Å². The van der Waals surface area contributed by atoms with Crippen molar-refractivity contribution < 1.29 is 4.79 Å². The molecule has 0 aromatic carbocycles. The van der Waals surface area contributed by atoms with Crippen LogP contribution in [0.2, 0.25) is 5.15 Å². The Morgan fingerprint density at radius 2 is 2.15 bits per heavy atom. The third kappa shape index (κ3) is 4.44. The van der Waals surface area contributed by atoms with Crippen molar-refractivity contribution in [2.75, 3.05) is 46.3 Å². The van der Waals surface area contributed by atoms with E-state index in [4.69, 9.17) is 11.6 Å². The molecule has 0 atom stereocenters. The summed E-state index contributed by atoms with van der Waals surface area (Å²) < 4.78 is 0. The summed E-state index contributed by atoms with van der Waals surface area (Å²) in [7, 11) is 2.15. The van der Waals surface area contributed by atoms with Crippen molar-refractivity contribution in [3.05, 3.63) is 29.0 Å². The van der Waals surface area contributed by atoms with Crippen molar-refractivity contribution >= 4 is 17.5 Å². The van der Waals surface area contributed by atoms with E-state index in [0.29, 0.717) is 12.1 Å². The third-order valence-electron chi connectivity index (χ3n) is 3.54. The summed E-state index contributed by atoms with van der Waals surface area (Å²) in [6, 6.07) is 3.40. The lowest BCUT2D eigenvalue weighted by atomic mass is 10.2. The first-order chi connectivity index (χ1) is 9.66. The largest absolute Gasteiger partial charge is 0.352 e. The smallest absolute Gasteiger partial charge is 0.254 e. The number of amides is 1. The van der Waals surface area contributed by atoms with Crippen molar-refractivity contribution in [2.24, 2.45) is 0 Å². The molecule has 0 aliphatic carbocycles. The van der Waals surface area contributed by atoms with Crippen LogP contribution in [0.25, 0.3) is 0 Å². The van der Waals surface area contributed by atoms with Crippen molar-refractivity contribution in [1.82, 2.24) is 20.1 Å². The molecule has 20 heavy (non-hydrogen) atoms. The summed E-state index contributed by atoms with van der Waals surface area (Å²) in [5, 5.41) is 3.14. The number of likely N-dealkylation sites (N-methyl/N-ethyl adjacent to an activating group) is 1. The minimum atomic E-state index is -0.151. The molecule has 0 spiro atoms. The topological polar surface area (TPSA) is 48.5 Å². The maximum absolute atomic E-state index is 11.9. The van der Waals surface area contributed by atoms with E-state index in [9.17, 15) is 4.79 Å². The first-order valence-corrected chi connectivity index (χ1v) is 7.34. The lowest BCUT2D eigenvalue weighted by Gasteiger charge is -2.32. The molecule has 1 fully saturated rings. The molecule has 110 valence electrons. The molecule has 0 radical (unpaired) electrons. The molecule has 0 bridgehead atoms. The van der Waals surface area contributed by atoms with Crippen LogP contribution in [0.4, 0.5) is 0 Å². The Morgan fingerprint density at radius 1 is 1.40 bits per heavy atom. The van der Waals surface area contributed by atoms with Crippen LogP contribution in [-0.2, 0) is 0 Å². The van der Waals surface area contributed by atoms with Gasteiger partial charge in [-0.2, -0.15) is 0 Å². The average Bonchev–Trinajstić information content (AvgIpc) is 2.46. The number of carbonyl (C=O) groups excluding carboxylic acids is 1. The van der Waals surface area contributed by atoms with Gasteiger partial charge in [0.2, 0.25) is 0 Å². The number of hydrogen-bond acceptors (Lipinski definition) is 4. The number of pyridine rings is 1. The summed E-state index contributed by atoms with van der Waals surface area (Å²) in [6.45, 7) is 6.15. The Hall–Kier alpha value is -1.17. The van der Waals surface area contributed by atoms with Crippen LogP contribution in [0, 0.1) is 0 Å². The molecule has 6 heteroatoms. The highest BCUT2D eigenvalue weighted by Crippen LogP contribution is 2.10. The van der Waals surface area contributed by atoms with E-state index < -0.39 is 0 Å². The van der Waals surface area contributed by atoms with Gasteiger partial charge in [0, 0.05) is 38.9 Å². The number of nitrogens with zero attached hydrogens (tertiary/aromatic N) is 3. The molecule has 0 saturated carbocycles. The van der Waals surface area contributed by atoms with Crippen molar-refractivity contribution in [3.63, 3.8) is 0 Å². The minimum absolute atomic E-state index is 0.151. The van der Waals surface area contributed by atoms with Crippen LogP contribution in [0.1, 0.15) is 16.8 Å². The molecule has 1 aliphatic heterocycles. The van der Waals surface area contributed by atoms with E-state index in [2.05, 4.69) is 27.1 Å². The molecule has 1 aliphatic rings. The quantitative estimate of drug-likeness (QED) is 0.653. The van der Waals surface area contributed by atoms with Crippen molar-refractivity contribution in [3.8, 4) is 0 Å². The molecule has 1 amide bonds. The van der Waals surface area contributed by atoms with Crippen molar-refractivity contribution in [2.45, 2.75) is 6.42 Å². The highest BCUT2D eigenvalue weighted by Gasteiger charge is 2.13.